The van der Waals surface area contributed by atoms with Crippen LogP contribution in [0.3, 0.4) is 0 Å². The minimum absolute atomic E-state index is 0.171. The van der Waals surface area contributed by atoms with E-state index < -0.39 is 12.9 Å². The average molecular weight is 545 g/mol. The summed E-state index contributed by atoms with van der Waals surface area (Å²) in [5.74, 6) is 0.931. The van der Waals surface area contributed by atoms with E-state index in [1.165, 1.54) is 23.9 Å². The number of hydrogen-bond acceptors (Lipinski definition) is 6. The largest absolute Gasteiger partial charge is 0.316 e. The van der Waals surface area contributed by atoms with Crippen LogP contribution in [0, 0.1) is 5.82 Å². The van der Waals surface area contributed by atoms with Gasteiger partial charge in [0, 0.05) is 22.6 Å². The van der Waals surface area contributed by atoms with Gasteiger partial charge >= 0.3 is 0 Å². The van der Waals surface area contributed by atoms with Gasteiger partial charge in [-0.3, -0.25) is 4.79 Å². The quantitative estimate of drug-likeness (QED) is 0.220. The van der Waals surface area contributed by atoms with E-state index >= 15 is 0 Å². The standard InChI is InChI=1S/C30H26F2N4O2S/c31-16-19-4-8-21(9-5-19)22-10-12-23(13-11-22)29-33-27(35-38-29)17-36-26-3-1-2-25(26)28(37)34-30(36)39-18-20-6-14-24(32)15-7-20/h4-15,29H,1-3,16-18H2,(H,33,35). The maximum atomic E-state index is 13.3. The third-order valence-corrected chi connectivity index (χ3v) is 8.04. The van der Waals surface area contributed by atoms with Crippen molar-refractivity contribution < 1.29 is 13.6 Å². The van der Waals surface area contributed by atoms with Gasteiger partial charge in [-0.15, -0.1) is 0 Å². The lowest BCUT2D eigenvalue weighted by molar-refractivity contribution is 0.0368. The molecule has 1 atom stereocenters. The molecule has 4 aromatic rings. The lowest BCUT2D eigenvalue weighted by Crippen LogP contribution is -2.28. The highest BCUT2D eigenvalue weighted by molar-refractivity contribution is 7.98. The lowest BCUT2D eigenvalue weighted by Gasteiger charge is -2.16. The summed E-state index contributed by atoms with van der Waals surface area (Å²) >= 11 is 1.45. The van der Waals surface area contributed by atoms with Gasteiger partial charge in [-0.25, -0.2) is 24.1 Å². The molecule has 9 heteroatoms. The van der Waals surface area contributed by atoms with Gasteiger partial charge in [0.1, 0.15) is 18.3 Å². The molecule has 6 rings (SSSR count). The highest BCUT2D eigenvalue weighted by Crippen LogP contribution is 2.29. The molecule has 2 heterocycles. The second-order valence-corrected chi connectivity index (χ2v) is 10.5. The van der Waals surface area contributed by atoms with Crippen molar-refractivity contribution in [2.75, 3.05) is 0 Å². The number of halogens is 2. The number of alkyl halides is 1. The van der Waals surface area contributed by atoms with Crippen LogP contribution in [0.25, 0.3) is 11.1 Å². The smallest absolute Gasteiger partial charge is 0.277 e. The summed E-state index contributed by atoms with van der Waals surface area (Å²) < 4.78 is 28.2. The summed E-state index contributed by atoms with van der Waals surface area (Å²) in [7, 11) is 0. The van der Waals surface area contributed by atoms with Crippen LogP contribution in [0.5, 0.6) is 0 Å². The van der Waals surface area contributed by atoms with Gasteiger partial charge in [-0.05, 0) is 53.6 Å². The summed E-state index contributed by atoms with van der Waals surface area (Å²) in [6, 6.07) is 21.7. The van der Waals surface area contributed by atoms with Gasteiger partial charge in [0.05, 0.1) is 6.54 Å². The Morgan fingerprint density at radius 2 is 1.64 bits per heavy atom. The molecule has 3 aromatic carbocycles. The molecule has 0 spiro atoms. The first-order valence-electron chi connectivity index (χ1n) is 12.8. The van der Waals surface area contributed by atoms with E-state index in [-0.39, 0.29) is 11.4 Å². The van der Waals surface area contributed by atoms with E-state index in [0.29, 0.717) is 28.9 Å². The Hall–Kier alpha value is -3.82. The van der Waals surface area contributed by atoms with Crippen molar-refractivity contribution in [3.63, 3.8) is 0 Å². The fourth-order valence-electron chi connectivity index (χ4n) is 4.90. The van der Waals surface area contributed by atoms with Crippen LogP contribution >= 0.6 is 11.8 Å². The molecule has 198 valence electrons. The lowest BCUT2D eigenvalue weighted by atomic mass is 10.0. The number of hydroxylamine groups is 1. The summed E-state index contributed by atoms with van der Waals surface area (Å²) in [6.07, 6.45) is 1.95. The summed E-state index contributed by atoms with van der Waals surface area (Å²) in [5, 5.41) is 0.612. The third kappa shape index (κ3) is 5.51. The molecular formula is C30H26F2N4O2S. The fourth-order valence-corrected chi connectivity index (χ4v) is 5.86. The number of nitrogens with one attached hydrogen (secondary N) is 1. The molecule has 39 heavy (non-hydrogen) atoms. The molecular weight excluding hydrogens is 518 g/mol. The SMILES string of the molecule is O=c1nc(SCc2ccc(F)cc2)n(CC2=NC(c3ccc(-c4ccc(CF)cc4)cc3)ON2)c2c1CCC2. The molecule has 1 aromatic heterocycles. The third-order valence-electron chi connectivity index (χ3n) is 6.99. The van der Waals surface area contributed by atoms with E-state index in [0.717, 1.165) is 52.8 Å². The maximum absolute atomic E-state index is 13.3. The van der Waals surface area contributed by atoms with Crippen LogP contribution in [0.2, 0.25) is 0 Å². The van der Waals surface area contributed by atoms with Crippen LogP contribution < -0.4 is 11.0 Å². The zero-order valence-electron chi connectivity index (χ0n) is 21.1. The first-order valence-corrected chi connectivity index (χ1v) is 13.8. The van der Waals surface area contributed by atoms with Gasteiger partial charge < -0.3 is 4.57 Å². The molecule has 6 nitrogen and oxygen atoms in total. The first-order chi connectivity index (χ1) is 19.1. The molecule has 0 saturated heterocycles. The number of fused-ring (bicyclic) bond motifs is 1. The molecule has 1 N–H and O–H groups in total. The molecule has 1 aliphatic heterocycles. The number of nitrogens with zero attached hydrogens (tertiary/aromatic N) is 3. The monoisotopic (exact) mass is 544 g/mol. The number of aliphatic imine (C=N–C) groups is 1. The van der Waals surface area contributed by atoms with Crippen molar-refractivity contribution >= 4 is 17.6 Å². The van der Waals surface area contributed by atoms with Gasteiger partial charge in [0.25, 0.3) is 5.56 Å². The van der Waals surface area contributed by atoms with Crippen LogP contribution in [0.1, 0.15) is 40.6 Å². The van der Waals surface area contributed by atoms with Gasteiger partial charge in [0.2, 0.25) is 6.23 Å². The second kappa shape index (κ2) is 11.1. The van der Waals surface area contributed by atoms with E-state index in [2.05, 4.69) is 15.0 Å². The molecule has 1 unspecified atom stereocenters. The van der Waals surface area contributed by atoms with Gasteiger partial charge in [-0.2, -0.15) is 4.98 Å². The van der Waals surface area contributed by atoms with Crippen LogP contribution in [0.15, 0.2) is 87.7 Å². The van der Waals surface area contributed by atoms with Crippen LogP contribution in [-0.2, 0) is 36.7 Å². The molecule has 0 radical (unpaired) electrons. The Balaban J connectivity index is 1.21. The Morgan fingerprint density at radius 1 is 0.949 bits per heavy atom. The van der Waals surface area contributed by atoms with E-state index in [1.807, 2.05) is 36.4 Å². The summed E-state index contributed by atoms with van der Waals surface area (Å²) in [5.41, 5.74) is 9.10. The van der Waals surface area contributed by atoms with Crippen molar-refractivity contribution in [2.45, 2.75) is 49.6 Å². The predicted molar refractivity (Wildman–Crippen MR) is 148 cm³/mol. The van der Waals surface area contributed by atoms with Gasteiger partial charge in [0.15, 0.2) is 5.16 Å². The number of rotatable bonds is 8. The Morgan fingerprint density at radius 3 is 2.36 bits per heavy atom. The fraction of sp³-hybridized carbons (Fsp3) is 0.233. The highest BCUT2D eigenvalue weighted by Gasteiger charge is 2.25. The predicted octanol–water partition coefficient (Wildman–Crippen LogP) is 5.93. The average Bonchev–Trinajstić information content (AvgIpc) is 3.65. The number of thioether (sulfide) groups is 1. The zero-order chi connectivity index (χ0) is 26.8. The number of aromatic nitrogens is 2. The summed E-state index contributed by atoms with van der Waals surface area (Å²) in [6.45, 7) is -0.0743. The van der Waals surface area contributed by atoms with E-state index in [1.54, 1.807) is 24.3 Å². The van der Waals surface area contributed by atoms with Crippen molar-refractivity contribution in [1.29, 1.82) is 0 Å². The number of hydrogen-bond donors (Lipinski definition) is 1. The minimum Gasteiger partial charge on any atom is -0.316 e. The highest BCUT2D eigenvalue weighted by atomic mass is 32.2. The Kier molecular flexibility index (Phi) is 7.26. The van der Waals surface area contributed by atoms with Gasteiger partial charge in [-0.1, -0.05) is 72.4 Å². The molecule has 2 aliphatic rings. The van der Waals surface area contributed by atoms with E-state index in [4.69, 9.17) is 9.83 Å². The number of benzene rings is 3. The molecule has 0 amide bonds. The van der Waals surface area contributed by atoms with Crippen molar-refractivity contribution in [1.82, 2.24) is 15.0 Å². The topological polar surface area (TPSA) is 68.5 Å². The first kappa shape index (κ1) is 25.5. The maximum Gasteiger partial charge on any atom is 0.277 e. The normalized spacial score (nSPS) is 16.2. The molecule has 0 fully saturated rings. The Bertz CT molecular complexity index is 1570. The minimum atomic E-state index is -0.501. The molecule has 1 aliphatic carbocycles. The van der Waals surface area contributed by atoms with E-state index in [9.17, 15) is 13.6 Å². The van der Waals surface area contributed by atoms with Crippen LogP contribution in [0.4, 0.5) is 8.78 Å². The van der Waals surface area contributed by atoms with Crippen molar-refractivity contribution in [3.8, 4) is 11.1 Å². The molecule has 0 bridgehead atoms. The zero-order valence-corrected chi connectivity index (χ0v) is 21.9. The number of amidine groups is 1. The van der Waals surface area contributed by atoms with Crippen molar-refractivity contribution in [3.05, 3.63) is 117 Å². The van der Waals surface area contributed by atoms with Crippen molar-refractivity contribution in [2.24, 2.45) is 4.99 Å². The molecule has 0 saturated carbocycles. The second-order valence-electron chi connectivity index (χ2n) is 9.58. The summed E-state index contributed by atoms with van der Waals surface area (Å²) in [4.78, 5) is 27.6. The van der Waals surface area contributed by atoms with Crippen LogP contribution in [-0.4, -0.2) is 15.4 Å². The Labute approximate surface area is 228 Å².